The third-order valence-electron chi connectivity index (χ3n) is 6.34. The lowest BCUT2D eigenvalue weighted by Gasteiger charge is -2.17. The topological polar surface area (TPSA) is 45.1 Å². The molecule has 6 heteroatoms. The predicted octanol–water partition coefficient (Wildman–Crippen LogP) is 9.17. The number of fused-ring (bicyclic) bond motifs is 1. The first-order chi connectivity index (χ1) is 16.6. The molecule has 0 saturated heterocycles. The van der Waals surface area contributed by atoms with Crippen molar-refractivity contribution in [2.75, 3.05) is 13.1 Å². The molecule has 35 heavy (non-hydrogen) atoms. The van der Waals surface area contributed by atoms with E-state index in [0.717, 1.165) is 35.2 Å². The van der Waals surface area contributed by atoms with Crippen LogP contribution in [0.4, 0.5) is 0 Å². The molecule has 2 N–H and O–H groups in total. The van der Waals surface area contributed by atoms with E-state index in [9.17, 15) is 5.11 Å². The molecule has 0 fully saturated rings. The average Bonchev–Trinajstić information content (AvgIpc) is 2.84. The molecular weight excluding hydrogens is 499 g/mol. The van der Waals surface area contributed by atoms with Crippen LogP contribution in [0.2, 0.25) is 10.0 Å². The number of aromatic nitrogens is 1. The Hall–Kier alpha value is -1.36. The maximum Gasteiger partial charge on any atom is 0.0921 e. The summed E-state index contributed by atoms with van der Waals surface area (Å²) in [6, 6.07) is 15.5. The molecule has 0 aliphatic rings. The van der Waals surface area contributed by atoms with E-state index in [1.54, 1.807) is 6.07 Å². The van der Waals surface area contributed by atoms with Crippen molar-refractivity contribution in [1.82, 2.24) is 10.3 Å². The number of aliphatic hydroxyl groups is 1. The molecule has 3 rings (SSSR count). The summed E-state index contributed by atoms with van der Waals surface area (Å²) in [5.74, 6) is 0. The highest BCUT2D eigenvalue weighted by Gasteiger charge is 2.17. The number of rotatable bonds is 15. The molecule has 1 unspecified atom stereocenters. The van der Waals surface area contributed by atoms with E-state index in [0.29, 0.717) is 22.1 Å². The quantitative estimate of drug-likeness (QED) is 0.190. The van der Waals surface area contributed by atoms with Gasteiger partial charge in [-0.25, -0.2) is 4.98 Å². The van der Waals surface area contributed by atoms with E-state index in [1.165, 1.54) is 57.8 Å². The third-order valence-corrected chi connectivity index (χ3v) is 6.84. The van der Waals surface area contributed by atoms with Crippen LogP contribution in [-0.4, -0.2) is 23.2 Å². The lowest BCUT2D eigenvalue weighted by Crippen LogP contribution is -2.22. The highest BCUT2D eigenvalue weighted by atomic mass is 35.5. The summed E-state index contributed by atoms with van der Waals surface area (Å²) in [6.07, 6.45) is 12.5. The third kappa shape index (κ3) is 9.55. The van der Waals surface area contributed by atoms with Crippen molar-refractivity contribution in [3.05, 3.63) is 64.1 Å². The van der Waals surface area contributed by atoms with Crippen LogP contribution in [0.1, 0.15) is 82.8 Å². The smallest absolute Gasteiger partial charge is 0.0921 e. The van der Waals surface area contributed by atoms with Gasteiger partial charge >= 0.3 is 0 Å². The van der Waals surface area contributed by atoms with Crippen molar-refractivity contribution >= 4 is 46.5 Å². The maximum absolute atomic E-state index is 11.1. The highest BCUT2D eigenvalue weighted by Crippen LogP contribution is 2.34. The van der Waals surface area contributed by atoms with Gasteiger partial charge in [0.1, 0.15) is 0 Å². The Morgan fingerprint density at radius 1 is 0.857 bits per heavy atom. The fourth-order valence-electron chi connectivity index (χ4n) is 4.40. The van der Waals surface area contributed by atoms with Crippen LogP contribution in [-0.2, 0) is 0 Å². The number of hydrogen-bond acceptors (Lipinski definition) is 3. The zero-order valence-electron chi connectivity index (χ0n) is 20.7. The van der Waals surface area contributed by atoms with E-state index in [-0.39, 0.29) is 12.4 Å². The molecule has 0 spiro atoms. The van der Waals surface area contributed by atoms with Crippen molar-refractivity contribution in [1.29, 1.82) is 0 Å². The van der Waals surface area contributed by atoms with Gasteiger partial charge < -0.3 is 10.4 Å². The Balaban J connectivity index is 0.00000432. The van der Waals surface area contributed by atoms with Crippen LogP contribution in [0, 0.1) is 0 Å². The second-order valence-corrected chi connectivity index (χ2v) is 9.99. The normalized spacial score (nSPS) is 12.0. The molecule has 0 bridgehead atoms. The van der Waals surface area contributed by atoms with Crippen molar-refractivity contribution in [3.63, 3.8) is 0 Å². The van der Waals surface area contributed by atoms with Gasteiger partial charge in [-0.2, -0.15) is 0 Å². The SMILES string of the molecule is CCCCCCCCCCCCNCC(O)c1cc(-c2ccccc2)nc2c(Cl)cc(Cl)cc12.Cl. The average molecular weight is 538 g/mol. The molecule has 1 atom stereocenters. The van der Waals surface area contributed by atoms with Gasteiger partial charge in [0.15, 0.2) is 0 Å². The fourth-order valence-corrected chi connectivity index (χ4v) is 4.93. The van der Waals surface area contributed by atoms with Crippen molar-refractivity contribution in [2.45, 2.75) is 77.2 Å². The number of aliphatic hydroxyl groups excluding tert-OH is 1. The van der Waals surface area contributed by atoms with Crippen molar-refractivity contribution in [2.24, 2.45) is 0 Å². The Bertz CT molecular complexity index is 1010. The van der Waals surface area contributed by atoms with Gasteiger partial charge in [-0.1, -0.05) is 118 Å². The summed E-state index contributed by atoms with van der Waals surface area (Å²) in [4.78, 5) is 4.77. The maximum atomic E-state index is 11.1. The first-order valence-corrected chi connectivity index (χ1v) is 13.6. The van der Waals surface area contributed by atoms with E-state index in [2.05, 4.69) is 12.2 Å². The van der Waals surface area contributed by atoms with Crippen LogP contribution in [0.25, 0.3) is 22.2 Å². The molecule has 0 saturated carbocycles. The van der Waals surface area contributed by atoms with E-state index in [4.69, 9.17) is 28.2 Å². The molecule has 192 valence electrons. The number of halogens is 3. The molecule has 1 heterocycles. The van der Waals surface area contributed by atoms with Crippen LogP contribution in [0.15, 0.2) is 48.5 Å². The molecular formula is C29H39Cl3N2O. The summed E-state index contributed by atoms with van der Waals surface area (Å²) < 4.78 is 0. The van der Waals surface area contributed by atoms with Crippen molar-refractivity contribution in [3.8, 4) is 11.3 Å². The standard InChI is InChI=1S/C29H38Cl2N2O.ClH/c1-2-3-4-5-6-7-8-9-10-14-17-32-21-28(34)24-20-27(22-15-12-11-13-16-22)33-29-25(24)18-23(30)19-26(29)31;/h11-13,15-16,18-20,28,32,34H,2-10,14,17,21H2,1H3;1H. The number of nitrogens with zero attached hydrogens (tertiary/aromatic N) is 1. The number of nitrogens with one attached hydrogen (secondary N) is 1. The summed E-state index contributed by atoms with van der Waals surface area (Å²) in [7, 11) is 0. The van der Waals surface area contributed by atoms with Gasteiger partial charge in [-0.15, -0.1) is 12.4 Å². The highest BCUT2D eigenvalue weighted by molar-refractivity contribution is 6.38. The van der Waals surface area contributed by atoms with Crippen molar-refractivity contribution < 1.29 is 5.11 Å². The monoisotopic (exact) mass is 536 g/mol. The van der Waals surface area contributed by atoms with Gasteiger partial charge in [0.25, 0.3) is 0 Å². The number of hydrogen-bond donors (Lipinski definition) is 2. The van der Waals surface area contributed by atoms with Gasteiger partial charge in [-0.05, 0) is 36.7 Å². The molecule has 0 amide bonds. The minimum absolute atomic E-state index is 0. The Kier molecular flexibility index (Phi) is 14.0. The summed E-state index contributed by atoms with van der Waals surface area (Å²) in [6.45, 7) is 3.65. The molecule has 0 radical (unpaired) electrons. The molecule has 1 aromatic heterocycles. The van der Waals surface area contributed by atoms with Crippen LogP contribution in [0.3, 0.4) is 0 Å². The largest absolute Gasteiger partial charge is 0.387 e. The summed E-state index contributed by atoms with van der Waals surface area (Å²) in [5, 5.41) is 16.3. The molecule has 3 aromatic rings. The van der Waals surface area contributed by atoms with E-state index in [1.807, 2.05) is 42.5 Å². The Labute approximate surface area is 227 Å². The summed E-state index contributed by atoms with van der Waals surface area (Å²) in [5.41, 5.74) is 3.24. The molecule has 3 nitrogen and oxygen atoms in total. The van der Waals surface area contributed by atoms with Gasteiger partial charge in [0.2, 0.25) is 0 Å². The second-order valence-electron chi connectivity index (χ2n) is 9.15. The fraction of sp³-hybridized carbons (Fsp3) is 0.483. The lowest BCUT2D eigenvalue weighted by molar-refractivity contribution is 0.176. The number of pyridine rings is 1. The number of benzene rings is 2. The molecule has 0 aliphatic carbocycles. The Morgan fingerprint density at radius 3 is 2.14 bits per heavy atom. The van der Waals surface area contributed by atoms with E-state index >= 15 is 0 Å². The summed E-state index contributed by atoms with van der Waals surface area (Å²) >= 11 is 12.8. The molecule has 2 aromatic carbocycles. The Morgan fingerprint density at radius 2 is 1.49 bits per heavy atom. The van der Waals surface area contributed by atoms with Gasteiger partial charge in [-0.3, -0.25) is 0 Å². The minimum atomic E-state index is -0.675. The number of unbranched alkanes of at least 4 members (excludes halogenated alkanes) is 9. The molecule has 0 aliphatic heterocycles. The first-order valence-electron chi connectivity index (χ1n) is 12.8. The van der Waals surface area contributed by atoms with E-state index < -0.39 is 6.10 Å². The second kappa shape index (κ2) is 16.4. The zero-order valence-corrected chi connectivity index (χ0v) is 23.1. The van der Waals surface area contributed by atoms with Gasteiger partial charge in [0.05, 0.1) is 22.3 Å². The lowest BCUT2D eigenvalue weighted by atomic mass is 10.00. The van der Waals surface area contributed by atoms with Crippen LogP contribution < -0.4 is 5.32 Å². The minimum Gasteiger partial charge on any atom is -0.387 e. The van der Waals surface area contributed by atoms with Crippen LogP contribution in [0.5, 0.6) is 0 Å². The van der Waals surface area contributed by atoms with Gasteiger partial charge in [0, 0.05) is 22.5 Å². The zero-order chi connectivity index (χ0) is 24.2. The first kappa shape index (κ1) is 29.9. The van der Waals surface area contributed by atoms with Crippen LogP contribution >= 0.6 is 35.6 Å². The predicted molar refractivity (Wildman–Crippen MR) is 154 cm³/mol.